The normalized spacial score (nSPS) is 12.8. The van der Waals surface area contributed by atoms with Gasteiger partial charge in [0.2, 0.25) is 0 Å². The van der Waals surface area contributed by atoms with E-state index < -0.39 is 25.1 Å². The van der Waals surface area contributed by atoms with Gasteiger partial charge in [-0.05, 0) is 29.0 Å². The van der Waals surface area contributed by atoms with Crippen molar-refractivity contribution in [1.82, 2.24) is 0 Å². The van der Waals surface area contributed by atoms with Gasteiger partial charge in [-0.25, -0.2) is 0 Å². The molecule has 0 aliphatic carbocycles. The summed E-state index contributed by atoms with van der Waals surface area (Å²) in [6.07, 6.45) is 0. The monoisotopic (exact) mass is 286 g/mol. The SMILES string of the molecule is O=S(=O)(O)c1[c][c]c2ccc(S(=O)(=O)O)cc2c1. The van der Waals surface area contributed by atoms with Crippen molar-refractivity contribution in [3.63, 3.8) is 0 Å². The molecule has 2 rings (SSSR count). The maximum Gasteiger partial charge on any atom is 0.295 e. The minimum absolute atomic E-state index is 0.191. The first-order chi connectivity index (χ1) is 8.18. The van der Waals surface area contributed by atoms with Crippen LogP contribution in [0, 0.1) is 12.1 Å². The highest BCUT2D eigenvalue weighted by atomic mass is 32.2. The van der Waals surface area contributed by atoms with E-state index in [0.717, 1.165) is 18.2 Å². The molecular weight excluding hydrogens is 280 g/mol. The molecule has 0 unspecified atom stereocenters. The zero-order valence-electron chi connectivity index (χ0n) is 8.65. The summed E-state index contributed by atoms with van der Waals surface area (Å²) in [5.41, 5.74) is 0. The lowest BCUT2D eigenvalue weighted by molar-refractivity contribution is 0.481. The fourth-order valence-corrected chi connectivity index (χ4v) is 2.35. The number of hydrogen-bond donors (Lipinski definition) is 2. The van der Waals surface area contributed by atoms with Crippen molar-refractivity contribution in [3.05, 3.63) is 36.4 Å². The number of benzene rings is 2. The molecule has 2 radical (unpaired) electrons. The minimum Gasteiger partial charge on any atom is -0.282 e. The van der Waals surface area contributed by atoms with E-state index in [4.69, 9.17) is 9.11 Å². The van der Waals surface area contributed by atoms with Crippen LogP contribution in [0.1, 0.15) is 0 Å². The molecule has 0 aromatic heterocycles. The maximum absolute atomic E-state index is 10.9. The first kappa shape index (κ1) is 13.0. The van der Waals surface area contributed by atoms with Crippen LogP contribution in [0.15, 0.2) is 34.1 Å². The zero-order valence-corrected chi connectivity index (χ0v) is 10.3. The third-order valence-electron chi connectivity index (χ3n) is 2.21. The maximum atomic E-state index is 10.9. The summed E-state index contributed by atoms with van der Waals surface area (Å²) in [6.45, 7) is 0. The summed E-state index contributed by atoms with van der Waals surface area (Å²) < 4.78 is 61.3. The Bertz CT molecular complexity index is 754. The van der Waals surface area contributed by atoms with Crippen molar-refractivity contribution >= 4 is 31.0 Å². The quantitative estimate of drug-likeness (QED) is 0.795. The summed E-state index contributed by atoms with van der Waals surface area (Å²) in [6, 6.07) is 9.29. The minimum atomic E-state index is -4.44. The van der Waals surface area contributed by atoms with E-state index in [-0.39, 0.29) is 10.3 Å². The number of hydrogen-bond acceptors (Lipinski definition) is 4. The van der Waals surface area contributed by atoms with Crippen LogP contribution in [-0.4, -0.2) is 25.9 Å². The van der Waals surface area contributed by atoms with Crippen LogP contribution in [0.2, 0.25) is 0 Å². The van der Waals surface area contributed by atoms with Gasteiger partial charge in [0.15, 0.2) is 0 Å². The van der Waals surface area contributed by atoms with E-state index in [1.54, 1.807) is 0 Å². The van der Waals surface area contributed by atoms with E-state index in [1.165, 1.54) is 6.07 Å². The second-order valence-electron chi connectivity index (χ2n) is 3.46. The molecule has 18 heavy (non-hydrogen) atoms. The molecule has 6 nitrogen and oxygen atoms in total. The molecule has 8 heteroatoms. The third kappa shape index (κ3) is 2.51. The molecule has 0 bridgehead atoms. The summed E-state index contributed by atoms with van der Waals surface area (Å²) >= 11 is 0. The molecule has 0 amide bonds. The number of fused-ring (bicyclic) bond motifs is 1. The average Bonchev–Trinajstić information content (AvgIpc) is 2.25. The fraction of sp³-hybridized carbons (Fsp3) is 0. The second-order valence-corrected chi connectivity index (χ2v) is 6.27. The van der Waals surface area contributed by atoms with Crippen molar-refractivity contribution in [2.75, 3.05) is 0 Å². The van der Waals surface area contributed by atoms with Crippen LogP contribution >= 0.6 is 0 Å². The second kappa shape index (κ2) is 4.02. The lowest BCUT2D eigenvalue weighted by Gasteiger charge is -2.02. The zero-order chi connectivity index (χ0) is 13.6. The Balaban J connectivity index is 2.76. The van der Waals surface area contributed by atoms with Gasteiger partial charge < -0.3 is 0 Å². The number of rotatable bonds is 2. The molecule has 94 valence electrons. The Morgan fingerprint density at radius 1 is 0.889 bits per heavy atom. The predicted molar refractivity (Wildman–Crippen MR) is 61.2 cm³/mol. The van der Waals surface area contributed by atoms with Crippen LogP contribution in [-0.2, 0) is 20.2 Å². The Kier molecular flexibility index (Phi) is 2.90. The van der Waals surface area contributed by atoms with Crippen molar-refractivity contribution in [2.24, 2.45) is 0 Å². The summed E-state index contributed by atoms with van der Waals surface area (Å²) in [5, 5.41) is 0.589. The van der Waals surface area contributed by atoms with Crippen molar-refractivity contribution in [2.45, 2.75) is 9.79 Å². The Morgan fingerprint density at radius 3 is 2.11 bits per heavy atom. The van der Waals surface area contributed by atoms with E-state index >= 15 is 0 Å². The van der Waals surface area contributed by atoms with Crippen LogP contribution < -0.4 is 0 Å². The lowest BCUT2D eigenvalue weighted by atomic mass is 10.1. The molecule has 0 atom stereocenters. The topological polar surface area (TPSA) is 109 Å². The molecule has 2 N–H and O–H groups in total. The van der Waals surface area contributed by atoms with Gasteiger partial charge in [0.1, 0.15) is 4.90 Å². The smallest absolute Gasteiger partial charge is 0.282 e. The first-order valence-electron chi connectivity index (χ1n) is 4.51. The highest BCUT2D eigenvalue weighted by Gasteiger charge is 2.13. The predicted octanol–water partition coefficient (Wildman–Crippen LogP) is 0.934. The highest BCUT2D eigenvalue weighted by molar-refractivity contribution is 7.86. The van der Waals surface area contributed by atoms with Gasteiger partial charge in [0.05, 0.1) is 4.90 Å². The van der Waals surface area contributed by atoms with Crippen LogP contribution in [0.4, 0.5) is 0 Å². The van der Waals surface area contributed by atoms with Crippen LogP contribution in [0.3, 0.4) is 0 Å². The van der Waals surface area contributed by atoms with Gasteiger partial charge in [-0.2, -0.15) is 16.8 Å². The molecule has 0 heterocycles. The fourth-order valence-electron chi connectivity index (χ4n) is 1.38. The van der Waals surface area contributed by atoms with Gasteiger partial charge in [0, 0.05) is 12.1 Å². The molecule has 2 aromatic carbocycles. The molecule has 0 aliphatic heterocycles. The molecular formula is C10H6O6S2. The van der Waals surface area contributed by atoms with E-state index in [0.29, 0.717) is 5.39 Å². The van der Waals surface area contributed by atoms with Gasteiger partial charge in [-0.15, -0.1) is 0 Å². The van der Waals surface area contributed by atoms with Gasteiger partial charge in [-0.3, -0.25) is 9.11 Å². The van der Waals surface area contributed by atoms with E-state index in [9.17, 15) is 16.8 Å². The largest absolute Gasteiger partial charge is 0.295 e. The Labute approximate surface area is 103 Å². The summed E-state index contributed by atoms with van der Waals surface area (Å²) in [4.78, 5) is -0.904. The van der Waals surface area contributed by atoms with Crippen LogP contribution in [0.25, 0.3) is 10.8 Å². The van der Waals surface area contributed by atoms with Crippen molar-refractivity contribution < 1.29 is 25.9 Å². The van der Waals surface area contributed by atoms with Gasteiger partial charge in [-0.1, -0.05) is 6.07 Å². The summed E-state index contributed by atoms with van der Waals surface area (Å²) in [7, 11) is -8.82. The van der Waals surface area contributed by atoms with E-state index in [1.807, 2.05) is 0 Å². The Hall–Kier alpha value is -1.48. The van der Waals surface area contributed by atoms with Crippen LogP contribution in [0.5, 0.6) is 0 Å². The molecule has 0 saturated carbocycles. The van der Waals surface area contributed by atoms with Gasteiger partial charge in [0.25, 0.3) is 20.2 Å². The third-order valence-corrected chi connectivity index (χ3v) is 3.83. The van der Waals surface area contributed by atoms with Crippen molar-refractivity contribution in [3.8, 4) is 0 Å². The lowest BCUT2D eigenvalue weighted by Crippen LogP contribution is -1.99. The molecule has 0 aliphatic rings. The summed E-state index contributed by atoms with van der Waals surface area (Å²) in [5.74, 6) is 0. The molecule has 0 saturated heterocycles. The molecule has 0 fully saturated rings. The average molecular weight is 286 g/mol. The molecule has 2 aromatic rings. The van der Waals surface area contributed by atoms with Gasteiger partial charge >= 0.3 is 0 Å². The Morgan fingerprint density at radius 2 is 1.56 bits per heavy atom. The van der Waals surface area contributed by atoms with Crippen molar-refractivity contribution in [1.29, 1.82) is 0 Å². The molecule has 0 spiro atoms. The standard InChI is InChI=1S/C10H6O6S2/c11-17(12,13)9-3-1-7-2-4-10(18(14,15)16)6-8(7)5-9/h1,3,5-6H,(H,11,12,13)(H,14,15,16). The van der Waals surface area contributed by atoms with E-state index in [2.05, 4.69) is 12.1 Å². The first-order valence-corrected chi connectivity index (χ1v) is 7.39. The highest BCUT2D eigenvalue weighted by Crippen LogP contribution is 2.21.